The Kier molecular flexibility index (Phi) is 5.85. The third kappa shape index (κ3) is 6.08. The Morgan fingerprint density at radius 3 is 2.46 bits per heavy atom. The van der Waals surface area contributed by atoms with Gasteiger partial charge in [-0.25, -0.2) is 0 Å². The molecule has 0 aliphatic carbocycles. The van der Waals surface area contributed by atoms with Crippen LogP contribution in [0.15, 0.2) is 12.2 Å². The topological polar surface area (TPSA) is 46.2 Å². The summed E-state index contributed by atoms with van der Waals surface area (Å²) in [5.74, 6) is -0.237. The molecule has 0 rings (SSSR count). The van der Waals surface area contributed by atoms with Gasteiger partial charge in [0, 0.05) is 6.54 Å². The van der Waals surface area contributed by atoms with Gasteiger partial charge < -0.3 is 5.32 Å². The molecule has 0 unspecified atom stereocenters. The highest BCUT2D eigenvalue weighted by molar-refractivity contribution is 5.97. The maximum absolute atomic E-state index is 11.1. The van der Waals surface area contributed by atoms with Gasteiger partial charge in [0.2, 0.25) is 5.91 Å². The van der Waals surface area contributed by atoms with E-state index in [-0.39, 0.29) is 18.1 Å². The van der Waals surface area contributed by atoms with Crippen LogP contribution in [0, 0.1) is 0 Å². The molecule has 0 saturated heterocycles. The predicted octanol–water partition coefficient (Wildman–Crippen LogP) is 1.44. The Hall–Kier alpha value is -1.12. The van der Waals surface area contributed by atoms with Gasteiger partial charge >= 0.3 is 0 Å². The van der Waals surface area contributed by atoms with Crippen LogP contribution in [0.4, 0.5) is 0 Å². The third-order valence-corrected chi connectivity index (χ3v) is 1.72. The number of hydrogen-bond acceptors (Lipinski definition) is 2. The fourth-order valence-electron chi connectivity index (χ4n) is 0.785. The van der Waals surface area contributed by atoms with Gasteiger partial charge in [0.25, 0.3) is 0 Å². The molecule has 0 aromatic carbocycles. The Balaban J connectivity index is 3.62. The average Bonchev–Trinajstić information content (AvgIpc) is 2.04. The standard InChI is InChI=1S/C10H17NO2/c1-4-5-6-11-10(13)7-8(2)9(3)12/h2,4-7H2,1,3H3,(H,11,13). The molecule has 3 nitrogen and oxygen atoms in total. The highest BCUT2D eigenvalue weighted by Gasteiger charge is 2.06. The second-order valence-electron chi connectivity index (χ2n) is 3.04. The van der Waals surface area contributed by atoms with Gasteiger partial charge in [-0.2, -0.15) is 0 Å². The molecule has 0 aromatic rings. The molecular weight excluding hydrogens is 166 g/mol. The third-order valence-electron chi connectivity index (χ3n) is 1.72. The Morgan fingerprint density at radius 2 is 2.00 bits per heavy atom. The van der Waals surface area contributed by atoms with Gasteiger partial charge in [0.1, 0.15) is 0 Å². The summed E-state index contributed by atoms with van der Waals surface area (Å²) in [6.45, 7) is 7.67. The zero-order valence-electron chi connectivity index (χ0n) is 8.35. The number of rotatable bonds is 6. The minimum Gasteiger partial charge on any atom is -0.356 e. The van der Waals surface area contributed by atoms with Crippen LogP contribution < -0.4 is 5.32 Å². The van der Waals surface area contributed by atoms with Crippen LogP contribution >= 0.6 is 0 Å². The first-order valence-corrected chi connectivity index (χ1v) is 4.53. The van der Waals surface area contributed by atoms with E-state index < -0.39 is 0 Å². The van der Waals surface area contributed by atoms with E-state index in [1.807, 2.05) is 0 Å². The molecule has 74 valence electrons. The SMILES string of the molecule is C=C(CC(=O)NCCCC)C(C)=O. The summed E-state index contributed by atoms with van der Waals surface area (Å²) in [5.41, 5.74) is 0.369. The van der Waals surface area contributed by atoms with Crippen LogP contribution in [0.3, 0.4) is 0 Å². The molecule has 1 N–H and O–H groups in total. The largest absolute Gasteiger partial charge is 0.356 e. The summed E-state index contributed by atoms with van der Waals surface area (Å²) >= 11 is 0. The van der Waals surface area contributed by atoms with E-state index in [0.717, 1.165) is 12.8 Å². The fourth-order valence-corrected chi connectivity index (χ4v) is 0.785. The van der Waals surface area contributed by atoms with Crippen LogP contribution in [-0.4, -0.2) is 18.2 Å². The number of hydrogen-bond donors (Lipinski definition) is 1. The van der Waals surface area contributed by atoms with Crippen molar-refractivity contribution in [1.29, 1.82) is 0 Å². The molecule has 0 aliphatic heterocycles. The normalized spacial score (nSPS) is 9.38. The van der Waals surface area contributed by atoms with Gasteiger partial charge in [-0.3, -0.25) is 9.59 Å². The average molecular weight is 183 g/mol. The van der Waals surface area contributed by atoms with Gasteiger partial charge in [-0.15, -0.1) is 0 Å². The lowest BCUT2D eigenvalue weighted by Crippen LogP contribution is -2.25. The second-order valence-corrected chi connectivity index (χ2v) is 3.04. The molecular formula is C10H17NO2. The summed E-state index contributed by atoms with van der Waals surface area (Å²) in [6.07, 6.45) is 2.14. The van der Waals surface area contributed by atoms with E-state index in [9.17, 15) is 9.59 Å². The van der Waals surface area contributed by atoms with Crippen LogP contribution in [-0.2, 0) is 9.59 Å². The number of Topliss-reactive ketones (excluding diaryl/α,β-unsaturated/α-hetero) is 1. The van der Waals surface area contributed by atoms with Crippen molar-refractivity contribution in [3.8, 4) is 0 Å². The summed E-state index contributed by atoms with van der Waals surface area (Å²) < 4.78 is 0. The monoisotopic (exact) mass is 183 g/mol. The number of amides is 1. The van der Waals surface area contributed by atoms with Gasteiger partial charge in [0.15, 0.2) is 5.78 Å². The van der Waals surface area contributed by atoms with Crippen LogP contribution in [0.25, 0.3) is 0 Å². The van der Waals surface area contributed by atoms with Crippen molar-refractivity contribution in [3.63, 3.8) is 0 Å². The minimum absolute atomic E-state index is 0.117. The van der Waals surface area contributed by atoms with Crippen molar-refractivity contribution in [2.75, 3.05) is 6.54 Å². The van der Waals surface area contributed by atoms with Crippen molar-refractivity contribution < 1.29 is 9.59 Å². The van der Waals surface area contributed by atoms with Crippen molar-refractivity contribution in [2.45, 2.75) is 33.1 Å². The maximum atomic E-state index is 11.1. The van der Waals surface area contributed by atoms with Gasteiger partial charge in [-0.1, -0.05) is 19.9 Å². The number of carbonyl (C=O) groups is 2. The quantitative estimate of drug-likeness (QED) is 0.500. The molecule has 0 aromatic heterocycles. The van der Waals surface area contributed by atoms with Crippen molar-refractivity contribution in [1.82, 2.24) is 5.32 Å². The Bertz CT molecular complexity index is 209. The molecule has 0 radical (unpaired) electrons. The number of unbranched alkanes of at least 4 members (excludes halogenated alkanes) is 1. The van der Waals surface area contributed by atoms with Crippen molar-refractivity contribution in [3.05, 3.63) is 12.2 Å². The molecule has 0 spiro atoms. The minimum atomic E-state index is -0.120. The van der Waals surface area contributed by atoms with Gasteiger partial charge in [0.05, 0.1) is 6.42 Å². The Morgan fingerprint density at radius 1 is 1.38 bits per heavy atom. The highest BCUT2D eigenvalue weighted by Crippen LogP contribution is 1.98. The molecule has 0 bridgehead atoms. The van der Waals surface area contributed by atoms with Gasteiger partial charge in [-0.05, 0) is 18.9 Å². The second kappa shape index (κ2) is 6.40. The molecule has 0 atom stereocenters. The molecule has 13 heavy (non-hydrogen) atoms. The van der Waals surface area contributed by atoms with E-state index in [4.69, 9.17) is 0 Å². The van der Waals surface area contributed by atoms with Crippen LogP contribution in [0.2, 0.25) is 0 Å². The van der Waals surface area contributed by atoms with Crippen LogP contribution in [0.1, 0.15) is 33.1 Å². The molecule has 0 saturated carbocycles. The molecule has 0 aliphatic rings. The first-order chi connectivity index (χ1) is 6.07. The predicted molar refractivity (Wildman–Crippen MR) is 52.4 cm³/mol. The first-order valence-electron chi connectivity index (χ1n) is 4.53. The van der Waals surface area contributed by atoms with E-state index in [0.29, 0.717) is 12.1 Å². The van der Waals surface area contributed by atoms with E-state index in [1.165, 1.54) is 6.92 Å². The summed E-state index contributed by atoms with van der Waals surface area (Å²) in [6, 6.07) is 0. The fraction of sp³-hybridized carbons (Fsp3) is 0.600. The molecule has 3 heteroatoms. The summed E-state index contributed by atoms with van der Waals surface area (Å²) in [4.78, 5) is 21.8. The zero-order chi connectivity index (χ0) is 10.3. The number of carbonyl (C=O) groups excluding carboxylic acids is 2. The first kappa shape index (κ1) is 11.9. The smallest absolute Gasteiger partial charge is 0.224 e. The molecule has 0 fully saturated rings. The molecule has 1 amide bonds. The maximum Gasteiger partial charge on any atom is 0.224 e. The zero-order valence-corrected chi connectivity index (χ0v) is 8.35. The number of ketones is 1. The van der Waals surface area contributed by atoms with E-state index >= 15 is 0 Å². The van der Waals surface area contributed by atoms with Crippen molar-refractivity contribution in [2.24, 2.45) is 0 Å². The summed E-state index contributed by atoms with van der Waals surface area (Å²) in [5, 5.41) is 2.72. The molecule has 0 heterocycles. The number of nitrogens with one attached hydrogen (secondary N) is 1. The lowest BCUT2D eigenvalue weighted by atomic mass is 10.1. The Labute approximate surface area is 79.2 Å². The lowest BCUT2D eigenvalue weighted by molar-refractivity contribution is -0.122. The summed E-state index contributed by atoms with van der Waals surface area (Å²) in [7, 11) is 0. The lowest BCUT2D eigenvalue weighted by Gasteiger charge is -2.03. The van der Waals surface area contributed by atoms with E-state index in [1.54, 1.807) is 0 Å². The highest BCUT2D eigenvalue weighted by atomic mass is 16.2. The van der Waals surface area contributed by atoms with Crippen LogP contribution in [0.5, 0.6) is 0 Å². The van der Waals surface area contributed by atoms with E-state index in [2.05, 4.69) is 18.8 Å². The van der Waals surface area contributed by atoms with Crippen molar-refractivity contribution >= 4 is 11.7 Å².